The minimum atomic E-state index is -4.57. The van der Waals surface area contributed by atoms with Gasteiger partial charge in [-0.1, -0.05) is 30.3 Å². The molecule has 0 radical (unpaired) electrons. The maximum absolute atomic E-state index is 14.6. The third kappa shape index (κ3) is 5.96. The highest BCUT2D eigenvalue weighted by Crippen LogP contribution is 2.37. The Kier molecular flexibility index (Phi) is 8.47. The van der Waals surface area contributed by atoms with Gasteiger partial charge in [0.15, 0.2) is 5.82 Å². The summed E-state index contributed by atoms with van der Waals surface area (Å²) in [4.78, 5) is 20.9. The first-order chi connectivity index (χ1) is 20.0. The van der Waals surface area contributed by atoms with Crippen LogP contribution in [-0.4, -0.2) is 76.6 Å². The first kappa shape index (κ1) is 29.8. The predicted molar refractivity (Wildman–Crippen MR) is 152 cm³/mol. The van der Waals surface area contributed by atoms with E-state index in [2.05, 4.69) is 5.10 Å². The van der Waals surface area contributed by atoms with Crippen molar-refractivity contribution in [2.24, 2.45) is 0 Å². The molecule has 2 aromatic carbocycles. The summed E-state index contributed by atoms with van der Waals surface area (Å²) in [6, 6.07) is 9.43. The maximum atomic E-state index is 14.6. The van der Waals surface area contributed by atoms with Gasteiger partial charge < -0.3 is 19.8 Å². The molecule has 1 fully saturated rings. The number of benzene rings is 2. The number of carbonyl (C=O) groups is 1. The number of aromatic nitrogens is 2. The van der Waals surface area contributed by atoms with Crippen molar-refractivity contribution in [1.82, 2.24) is 19.6 Å². The van der Waals surface area contributed by atoms with Gasteiger partial charge in [0.2, 0.25) is 0 Å². The lowest BCUT2D eigenvalue weighted by Gasteiger charge is -2.43. The standard InChI is InChI=1S/C30H36F4N6O2/c1-20-7-6-10-26(31)27(20)37-13-11-23(12-14-37)39-17-22-15-38(18-24(19-41)36(2)3)35-28(22)40(29(39)42)16-21-8-4-5-9-25(21)30(32,33)34/h4-10,15,23-24,41H,11-14,16-19H2,1-3H3. The maximum Gasteiger partial charge on any atom is 0.416 e. The second-order valence-corrected chi connectivity index (χ2v) is 11.3. The van der Waals surface area contributed by atoms with Crippen LogP contribution in [0.15, 0.2) is 48.7 Å². The van der Waals surface area contributed by atoms with E-state index in [1.165, 1.54) is 29.2 Å². The van der Waals surface area contributed by atoms with E-state index < -0.39 is 17.8 Å². The van der Waals surface area contributed by atoms with Crippen LogP contribution in [0.5, 0.6) is 0 Å². The number of aryl methyl sites for hydroxylation is 1. The molecular formula is C30H36F4N6O2. The van der Waals surface area contributed by atoms with Crippen LogP contribution in [0.25, 0.3) is 0 Å². The monoisotopic (exact) mass is 588 g/mol. The van der Waals surface area contributed by atoms with E-state index in [0.717, 1.165) is 17.2 Å². The molecule has 3 aromatic rings. The molecule has 1 unspecified atom stereocenters. The minimum Gasteiger partial charge on any atom is -0.395 e. The lowest BCUT2D eigenvalue weighted by molar-refractivity contribution is -0.138. The Labute approximate surface area is 242 Å². The molecular weight excluding hydrogens is 552 g/mol. The fraction of sp³-hybridized carbons (Fsp3) is 0.467. The molecule has 0 bridgehead atoms. The van der Waals surface area contributed by atoms with Crippen LogP contribution in [0, 0.1) is 12.7 Å². The number of aliphatic hydroxyl groups excluding tert-OH is 1. The van der Waals surface area contributed by atoms with E-state index in [9.17, 15) is 27.5 Å². The summed E-state index contributed by atoms with van der Waals surface area (Å²) < 4.78 is 57.9. The van der Waals surface area contributed by atoms with Gasteiger partial charge in [-0.15, -0.1) is 0 Å². The summed E-state index contributed by atoms with van der Waals surface area (Å²) in [6.07, 6.45) is -1.59. The minimum absolute atomic E-state index is 0.0212. The summed E-state index contributed by atoms with van der Waals surface area (Å²) in [5.74, 6) is 0.0380. The van der Waals surface area contributed by atoms with Crippen LogP contribution in [0.3, 0.4) is 0 Å². The largest absolute Gasteiger partial charge is 0.416 e. The molecule has 0 aliphatic carbocycles. The third-order valence-electron chi connectivity index (χ3n) is 8.29. The molecule has 2 aliphatic rings. The number of hydrogen-bond acceptors (Lipinski definition) is 5. The predicted octanol–water partition coefficient (Wildman–Crippen LogP) is 4.88. The fourth-order valence-corrected chi connectivity index (χ4v) is 5.94. The molecule has 1 aromatic heterocycles. The van der Waals surface area contributed by atoms with Crippen molar-refractivity contribution in [2.45, 2.75) is 57.7 Å². The summed E-state index contributed by atoms with van der Waals surface area (Å²) in [7, 11) is 3.68. The zero-order valence-electron chi connectivity index (χ0n) is 24.0. The van der Waals surface area contributed by atoms with Crippen LogP contribution in [0.1, 0.15) is 35.1 Å². The number of carbonyl (C=O) groups excluding carboxylic acids is 1. The molecule has 5 rings (SSSR count). The molecule has 8 nitrogen and oxygen atoms in total. The Bertz CT molecular complexity index is 1400. The highest BCUT2D eigenvalue weighted by atomic mass is 19.4. The van der Waals surface area contributed by atoms with Crippen molar-refractivity contribution in [2.75, 3.05) is 43.6 Å². The SMILES string of the molecule is Cc1cccc(F)c1N1CCC(N2Cc3cn(CC(CO)N(C)C)nc3N(Cc3ccccc3C(F)(F)F)C2=O)CC1. The zero-order valence-corrected chi connectivity index (χ0v) is 24.0. The van der Waals surface area contributed by atoms with Gasteiger partial charge in [-0.3, -0.25) is 9.58 Å². The highest BCUT2D eigenvalue weighted by molar-refractivity contribution is 5.94. The topological polar surface area (TPSA) is 68.1 Å². The van der Waals surface area contributed by atoms with Crippen LogP contribution in [0.4, 0.5) is 33.9 Å². The van der Waals surface area contributed by atoms with Gasteiger partial charge in [0.1, 0.15) is 5.82 Å². The lowest BCUT2D eigenvalue weighted by Crippen LogP contribution is -2.54. The van der Waals surface area contributed by atoms with E-state index in [1.54, 1.807) is 21.8 Å². The average Bonchev–Trinajstić information content (AvgIpc) is 3.35. The van der Waals surface area contributed by atoms with Gasteiger partial charge in [0.25, 0.3) is 0 Å². The number of nitrogens with zero attached hydrogens (tertiary/aromatic N) is 6. The smallest absolute Gasteiger partial charge is 0.395 e. The van der Waals surface area contributed by atoms with E-state index >= 15 is 0 Å². The lowest BCUT2D eigenvalue weighted by atomic mass is 10.00. The molecule has 12 heteroatoms. The van der Waals surface area contributed by atoms with Gasteiger partial charge in [0.05, 0.1) is 43.5 Å². The number of alkyl halides is 3. The number of para-hydroxylation sites is 1. The van der Waals surface area contributed by atoms with E-state index in [4.69, 9.17) is 0 Å². The number of rotatable bonds is 8. The number of hydrogen-bond donors (Lipinski definition) is 1. The molecule has 2 amide bonds. The second kappa shape index (κ2) is 11.9. The van der Waals surface area contributed by atoms with Crippen molar-refractivity contribution in [3.63, 3.8) is 0 Å². The number of fused-ring (bicyclic) bond motifs is 1. The third-order valence-corrected chi connectivity index (χ3v) is 8.29. The van der Waals surface area contributed by atoms with Crippen LogP contribution in [-0.2, 0) is 25.8 Å². The Morgan fingerprint density at radius 2 is 1.81 bits per heavy atom. The Hall–Kier alpha value is -3.64. The number of piperidine rings is 1. The number of likely N-dealkylation sites (N-methyl/N-ethyl adjacent to an activating group) is 1. The molecule has 2 aliphatic heterocycles. The number of aliphatic hydroxyl groups is 1. The quantitative estimate of drug-likeness (QED) is 0.380. The molecule has 1 atom stereocenters. The van der Waals surface area contributed by atoms with Crippen LogP contribution < -0.4 is 9.80 Å². The Balaban J connectivity index is 1.44. The number of anilines is 2. The number of urea groups is 1. The summed E-state index contributed by atoms with van der Waals surface area (Å²) in [5.41, 5.74) is 1.31. The van der Waals surface area contributed by atoms with Crippen LogP contribution >= 0.6 is 0 Å². The van der Waals surface area contributed by atoms with E-state index in [0.29, 0.717) is 44.0 Å². The van der Waals surface area contributed by atoms with Gasteiger partial charge in [-0.2, -0.15) is 18.3 Å². The van der Waals surface area contributed by atoms with Crippen molar-refractivity contribution in [3.8, 4) is 0 Å². The van der Waals surface area contributed by atoms with Crippen molar-refractivity contribution in [1.29, 1.82) is 0 Å². The van der Waals surface area contributed by atoms with Gasteiger partial charge >= 0.3 is 12.2 Å². The van der Waals surface area contributed by atoms with Crippen molar-refractivity contribution < 1.29 is 27.5 Å². The molecule has 226 valence electrons. The van der Waals surface area contributed by atoms with Crippen molar-refractivity contribution >= 4 is 17.5 Å². The molecule has 0 saturated carbocycles. The second-order valence-electron chi connectivity index (χ2n) is 11.3. The zero-order chi connectivity index (χ0) is 30.2. The molecule has 0 spiro atoms. The molecule has 3 heterocycles. The van der Waals surface area contributed by atoms with Crippen molar-refractivity contribution in [3.05, 3.63) is 76.7 Å². The molecule has 42 heavy (non-hydrogen) atoms. The van der Waals surface area contributed by atoms with Gasteiger partial charge in [-0.05, 0) is 57.1 Å². The normalized spacial score (nSPS) is 17.3. The molecule has 1 N–H and O–H groups in total. The first-order valence-corrected chi connectivity index (χ1v) is 14.0. The Morgan fingerprint density at radius 3 is 2.45 bits per heavy atom. The number of halogens is 4. The summed E-state index contributed by atoms with van der Waals surface area (Å²) >= 11 is 0. The van der Waals surface area contributed by atoms with E-state index in [1.807, 2.05) is 36.9 Å². The fourth-order valence-electron chi connectivity index (χ4n) is 5.94. The average molecular weight is 589 g/mol. The van der Waals surface area contributed by atoms with Gasteiger partial charge in [0, 0.05) is 30.9 Å². The highest BCUT2D eigenvalue weighted by Gasteiger charge is 2.40. The van der Waals surface area contributed by atoms with Gasteiger partial charge in [-0.25, -0.2) is 9.18 Å². The molecule has 1 saturated heterocycles. The first-order valence-electron chi connectivity index (χ1n) is 14.0. The Morgan fingerprint density at radius 1 is 1.10 bits per heavy atom. The van der Waals surface area contributed by atoms with E-state index in [-0.39, 0.29) is 43.2 Å². The summed E-state index contributed by atoms with van der Waals surface area (Å²) in [6.45, 7) is 3.16. The number of amides is 2. The summed E-state index contributed by atoms with van der Waals surface area (Å²) in [5, 5.41) is 14.4. The van der Waals surface area contributed by atoms with Crippen LogP contribution in [0.2, 0.25) is 0 Å².